The number of benzene rings is 1. The van der Waals surface area contributed by atoms with E-state index in [0.717, 1.165) is 11.3 Å². The number of thiophene rings is 1. The van der Waals surface area contributed by atoms with E-state index in [1.165, 1.54) is 33.5 Å². The standard InChI is InChI=1S/C17H21FN2O3S2/c1-5-20(12(2)13-6-8-14(18)9-7-13)25(22,23)16-11-10-15(24-16)17(21)19(3)4/h6-12H,5H2,1-4H3. The zero-order valence-electron chi connectivity index (χ0n) is 14.6. The zero-order chi connectivity index (χ0) is 18.8. The summed E-state index contributed by atoms with van der Waals surface area (Å²) in [6.45, 7) is 3.76. The molecule has 0 bridgehead atoms. The van der Waals surface area contributed by atoms with Crippen LogP contribution < -0.4 is 0 Å². The quantitative estimate of drug-likeness (QED) is 0.767. The van der Waals surface area contributed by atoms with Gasteiger partial charge < -0.3 is 4.90 Å². The second-order valence-corrected chi connectivity index (χ2v) is 8.96. The summed E-state index contributed by atoms with van der Waals surface area (Å²) in [5.41, 5.74) is 0.702. The van der Waals surface area contributed by atoms with E-state index in [9.17, 15) is 17.6 Å². The monoisotopic (exact) mass is 384 g/mol. The lowest BCUT2D eigenvalue weighted by molar-refractivity contribution is 0.0832. The molecule has 1 unspecified atom stereocenters. The molecule has 2 aromatic rings. The summed E-state index contributed by atoms with van der Waals surface area (Å²) < 4.78 is 40.5. The van der Waals surface area contributed by atoms with E-state index in [1.807, 2.05) is 0 Å². The summed E-state index contributed by atoms with van der Waals surface area (Å²) in [5.74, 6) is -0.604. The molecule has 0 saturated carbocycles. The van der Waals surface area contributed by atoms with Crippen LogP contribution in [0.15, 0.2) is 40.6 Å². The fraction of sp³-hybridized carbons (Fsp3) is 0.353. The molecule has 1 aromatic carbocycles. The van der Waals surface area contributed by atoms with E-state index in [4.69, 9.17) is 0 Å². The molecule has 8 heteroatoms. The van der Waals surface area contributed by atoms with Crippen molar-refractivity contribution < 1.29 is 17.6 Å². The van der Waals surface area contributed by atoms with Gasteiger partial charge in [0.1, 0.15) is 10.0 Å². The van der Waals surface area contributed by atoms with Crippen LogP contribution in [0.25, 0.3) is 0 Å². The van der Waals surface area contributed by atoms with Gasteiger partial charge in [-0.2, -0.15) is 4.31 Å². The molecule has 1 atom stereocenters. The van der Waals surface area contributed by atoms with Crippen molar-refractivity contribution in [2.24, 2.45) is 0 Å². The largest absolute Gasteiger partial charge is 0.344 e. The molecule has 0 aliphatic rings. The predicted molar refractivity (Wildman–Crippen MR) is 96.7 cm³/mol. The first-order valence-electron chi connectivity index (χ1n) is 7.77. The van der Waals surface area contributed by atoms with Gasteiger partial charge in [-0.05, 0) is 36.8 Å². The van der Waals surface area contributed by atoms with E-state index in [2.05, 4.69) is 0 Å². The van der Waals surface area contributed by atoms with Crippen LogP contribution in [0, 0.1) is 5.82 Å². The van der Waals surface area contributed by atoms with E-state index < -0.39 is 16.1 Å². The molecule has 136 valence electrons. The molecule has 0 radical (unpaired) electrons. The molecular formula is C17H21FN2O3S2. The van der Waals surface area contributed by atoms with Crippen molar-refractivity contribution in [3.8, 4) is 0 Å². The molecule has 0 aliphatic heterocycles. The number of nitrogens with zero attached hydrogens (tertiary/aromatic N) is 2. The molecule has 1 aromatic heterocycles. The molecule has 25 heavy (non-hydrogen) atoms. The Bertz CT molecular complexity index is 845. The second-order valence-electron chi connectivity index (χ2n) is 5.75. The Kier molecular flexibility index (Phi) is 5.97. The van der Waals surface area contributed by atoms with Gasteiger partial charge in [0.15, 0.2) is 0 Å². The summed E-state index contributed by atoms with van der Waals surface area (Å²) in [7, 11) is -0.527. The van der Waals surface area contributed by atoms with Gasteiger partial charge in [0.25, 0.3) is 15.9 Å². The van der Waals surface area contributed by atoms with Crippen molar-refractivity contribution in [2.75, 3.05) is 20.6 Å². The number of amides is 1. The summed E-state index contributed by atoms with van der Waals surface area (Å²) >= 11 is 0.954. The van der Waals surface area contributed by atoms with Crippen LogP contribution in [-0.2, 0) is 10.0 Å². The van der Waals surface area contributed by atoms with Gasteiger partial charge in [0.05, 0.1) is 4.88 Å². The van der Waals surface area contributed by atoms with Crippen LogP contribution >= 0.6 is 11.3 Å². The van der Waals surface area contributed by atoms with Crippen LogP contribution in [0.5, 0.6) is 0 Å². The van der Waals surface area contributed by atoms with Crippen molar-refractivity contribution in [1.82, 2.24) is 9.21 Å². The molecule has 2 rings (SSSR count). The molecular weight excluding hydrogens is 363 g/mol. The third-order valence-corrected chi connectivity index (χ3v) is 7.44. The number of rotatable bonds is 6. The minimum Gasteiger partial charge on any atom is -0.344 e. The van der Waals surface area contributed by atoms with Crippen LogP contribution in [0.3, 0.4) is 0 Å². The van der Waals surface area contributed by atoms with Gasteiger partial charge >= 0.3 is 0 Å². The van der Waals surface area contributed by atoms with Crippen molar-refractivity contribution >= 4 is 27.3 Å². The maximum atomic E-state index is 13.1. The van der Waals surface area contributed by atoms with Crippen LogP contribution in [0.4, 0.5) is 4.39 Å². The number of carbonyl (C=O) groups excluding carboxylic acids is 1. The lowest BCUT2D eigenvalue weighted by atomic mass is 10.1. The Labute approximate surface area is 151 Å². The Morgan fingerprint density at radius 3 is 2.28 bits per heavy atom. The highest BCUT2D eigenvalue weighted by atomic mass is 32.2. The number of halogens is 1. The van der Waals surface area contributed by atoms with Crippen molar-refractivity contribution in [1.29, 1.82) is 0 Å². The summed E-state index contributed by atoms with van der Waals surface area (Å²) in [5, 5.41) is 0. The first-order chi connectivity index (χ1) is 11.7. The van der Waals surface area contributed by atoms with E-state index in [1.54, 1.807) is 40.1 Å². The van der Waals surface area contributed by atoms with Gasteiger partial charge in [-0.15, -0.1) is 11.3 Å². The van der Waals surface area contributed by atoms with E-state index in [-0.39, 0.29) is 22.5 Å². The van der Waals surface area contributed by atoms with Crippen LogP contribution in [-0.4, -0.2) is 44.2 Å². The molecule has 0 saturated heterocycles. The number of carbonyl (C=O) groups is 1. The third-order valence-electron chi connectivity index (χ3n) is 3.86. The normalized spacial score (nSPS) is 13.0. The summed E-state index contributed by atoms with van der Waals surface area (Å²) in [6.07, 6.45) is 0. The Balaban J connectivity index is 2.35. The second kappa shape index (κ2) is 7.63. The average molecular weight is 384 g/mol. The van der Waals surface area contributed by atoms with Gasteiger partial charge in [-0.3, -0.25) is 4.79 Å². The molecule has 0 fully saturated rings. The molecule has 1 heterocycles. The van der Waals surface area contributed by atoms with E-state index in [0.29, 0.717) is 10.4 Å². The molecule has 0 aliphatic carbocycles. The number of hydrogen-bond acceptors (Lipinski definition) is 4. The third kappa shape index (κ3) is 4.08. The van der Waals surface area contributed by atoms with Gasteiger partial charge in [-0.25, -0.2) is 12.8 Å². The highest BCUT2D eigenvalue weighted by Gasteiger charge is 2.30. The topological polar surface area (TPSA) is 57.7 Å². The number of sulfonamides is 1. The van der Waals surface area contributed by atoms with Crippen LogP contribution in [0.1, 0.15) is 35.1 Å². The van der Waals surface area contributed by atoms with Crippen molar-refractivity contribution in [3.63, 3.8) is 0 Å². The van der Waals surface area contributed by atoms with Gasteiger partial charge in [-0.1, -0.05) is 19.1 Å². The van der Waals surface area contributed by atoms with Gasteiger partial charge in [0, 0.05) is 26.7 Å². The SMILES string of the molecule is CCN(C(C)c1ccc(F)cc1)S(=O)(=O)c1ccc(C(=O)N(C)C)s1. The van der Waals surface area contributed by atoms with Crippen molar-refractivity contribution in [2.45, 2.75) is 24.1 Å². The first kappa shape index (κ1) is 19.6. The fourth-order valence-electron chi connectivity index (χ4n) is 2.47. The maximum absolute atomic E-state index is 13.1. The molecule has 1 amide bonds. The fourth-order valence-corrected chi connectivity index (χ4v) is 5.55. The zero-order valence-corrected chi connectivity index (χ0v) is 16.2. The lowest BCUT2D eigenvalue weighted by Gasteiger charge is -2.27. The van der Waals surface area contributed by atoms with Crippen molar-refractivity contribution in [3.05, 3.63) is 52.7 Å². The minimum absolute atomic E-state index is 0.119. The Hall–Kier alpha value is -1.77. The van der Waals surface area contributed by atoms with Gasteiger partial charge in [0.2, 0.25) is 0 Å². The Morgan fingerprint density at radius 1 is 1.16 bits per heavy atom. The maximum Gasteiger partial charge on any atom is 0.263 e. The lowest BCUT2D eigenvalue weighted by Crippen LogP contribution is -2.33. The molecule has 0 N–H and O–H groups in total. The summed E-state index contributed by atoms with van der Waals surface area (Å²) in [4.78, 5) is 13.8. The highest BCUT2D eigenvalue weighted by Crippen LogP contribution is 2.31. The van der Waals surface area contributed by atoms with Crippen LogP contribution in [0.2, 0.25) is 0 Å². The minimum atomic E-state index is -3.76. The highest BCUT2D eigenvalue weighted by molar-refractivity contribution is 7.91. The summed E-state index contributed by atoms with van der Waals surface area (Å²) in [6, 6.07) is 8.30. The molecule has 5 nitrogen and oxygen atoms in total. The van der Waals surface area contributed by atoms with E-state index >= 15 is 0 Å². The average Bonchev–Trinajstić information content (AvgIpc) is 3.05. The Morgan fingerprint density at radius 2 is 1.76 bits per heavy atom. The number of hydrogen-bond donors (Lipinski definition) is 0. The smallest absolute Gasteiger partial charge is 0.263 e. The molecule has 0 spiro atoms. The first-order valence-corrected chi connectivity index (χ1v) is 10.0. The predicted octanol–water partition coefficient (Wildman–Crippen LogP) is 3.36.